The monoisotopic (exact) mass is 488 g/mol. The number of aryl methyl sites for hydroxylation is 1. The van der Waals surface area contributed by atoms with Crippen LogP contribution in [0.15, 0.2) is 42.5 Å². The van der Waals surface area contributed by atoms with Gasteiger partial charge in [-0.05, 0) is 48.6 Å². The van der Waals surface area contributed by atoms with Crippen molar-refractivity contribution in [3.63, 3.8) is 0 Å². The highest BCUT2D eigenvalue weighted by Gasteiger charge is 2.14. The first-order chi connectivity index (χ1) is 16.5. The van der Waals surface area contributed by atoms with Gasteiger partial charge in [-0.2, -0.15) is 0 Å². The number of alkyl halides is 1. The number of hydrogen-bond donors (Lipinski definition) is 2. The highest BCUT2D eigenvalue weighted by Crippen LogP contribution is 2.33. The highest BCUT2D eigenvalue weighted by molar-refractivity contribution is 6.17. The Morgan fingerprint density at radius 1 is 1.06 bits per heavy atom. The second kappa shape index (κ2) is 15.2. The summed E-state index contributed by atoms with van der Waals surface area (Å²) in [7, 11) is 1.76. The molecule has 0 atom stereocenters. The lowest BCUT2D eigenvalue weighted by Crippen LogP contribution is -2.37. The second-order valence-corrected chi connectivity index (χ2v) is 8.75. The van der Waals surface area contributed by atoms with Gasteiger partial charge in [0.2, 0.25) is 0 Å². The van der Waals surface area contributed by atoms with Gasteiger partial charge in [0, 0.05) is 37.1 Å². The fourth-order valence-corrected chi connectivity index (χ4v) is 3.72. The zero-order valence-electron chi connectivity index (χ0n) is 20.3. The summed E-state index contributed by atoms with van der Waals surface area (Å²) in [5, 5.41) is 12.0. The molecule has 0 spiro atoms. The summed E-state index contributed by atoms with van der Waals surface area (Å²) in [6.07, 6.45) is 6.96. The minimum absolute atomic E-state index is 0.0640. The number of anilines is 1. The summed E-state index contributed by atoms with van der Waals surface area (Å²) in [6.45, 7) is 3.33. The van der Waals surface area contributed by atoms with E-state index in [1.54, 1.807) is 11.9 Å². The van der Waals surface area contributed by atoms with Gasteiger partial charge in [0.05, 0.1) is 6.61 Å². The molecule has 2 aromatic rings. The van der Waals surface area contributed by atoms with Crippen molar-refractivity contribution in [2.75, 3.05) is 31.0 Å². The van der Waals surface area contributed by atoms with E-state index < -0.39 is 5.97 Å². The molecular weight excluding hydrogens is 452 g/mol. The van der Waals surface area contributed by atoms with Crippen LogP contribution in [-0.4, -0.2) is 43.2 Å². The molecule has 0 saturated heterocycles. The molecule has 0 bridgehead atoms. The number of amides is 2. The van der Waals surface area contributed by atoms with Gasteiger partial charge in [0.1, 0.15) is 5.75 Å². The van der Waals surface area contributed by atoms with Gasteiger partial charge in [-0.15, -0.1) is 11.6 Å². The third-order valence-electron chi connectivity index (χ3n) is 5.61. The SMILES string of the molecule is CCCCCCCNC(=O)N(C)c1cccc(-c2ccc(CCC(=O)O)cc2OCCCCl)c1. The van der Waals surface area contributed by atoms with Crippen molar-refractivity contribution in [2.24, 2.45) is 0 Å². The molecule has 34 heavy (non-hydrogen) atoms. The molecule has 2 amide bonds. The molecule has 0 aliphatic rings. The molecule has 0 heterocycles. The van der Waals surface area contributed by atoms with E-state index in [2.05, 4.69) is 12.2 Å². The standard InChI is InChI=1S/C27H37ClN2O4/c1-3-4-5-6-7-17-29-27(33)30(2)23-11-8-10-22(20-23)24-14-12-21(13-15-26(31)32)19-25(24)34-18-9-16-28/h8,10-12,14,19-20H,3-7,9,13,15-18H2,1-2H3,(H,29,33)(H,31,32). The summed E-state index contributed by atoms with van der Waals surface area (Å²) >= 11 is 5.80. The molecule has 0 radical (unpaired) electrons. The Bertz CT molecular complexity index is 919. The van der Waals surface area contributed by atoms with E-state index in [1.807, 2.05) is 42.5 Å². The zero-order chi connectivity index (χ0) is 24.8. The maximum Gasteiger partial charge on any atom is 0.321 e. The number of nitrogens with zero attached hydrogens (tertiary/aromatic N) is 1. The number of aliphatic carboxylic acids is 1. The number of rotatable bonds is 15. The summed E-state index contributed by atoms with van der Waals surface area (Å²) in [6, 6.07) is 13.4. The summed E-state index contributed by atoms with van der Waals surface area (Å²) < 4.78 is 6.00. The maximum absolute atomic E-state index is 12.6. The lowest BCUT2D eigenvalue weighted by atomic mass is 10.00. The number of carboxylic acid groups (broad SMARTS) is 1. The number of nitrogens with one attached hydrogen (secondary N) is 1. The summed E-state index contributed by atoms with van der Waals surface area (Å²) in [4.78, 5) is 25.2. The van der Waals surface area contributed by atoms with E-state index in [0.717, 1.165) is 35.2 Å². The van der Waals surface area contributed by atoms with Crippen molar-refractivity contribution in [3.05, 3.63) is 48.0 Å². The van der Waals surface area contributed by atoms with Gasteiger partial charge >= 0.3 is 12.0 Å². The van der Waals surface area contributed by atoms with Gasteiger partial charge < -0.3 is 15.2 Å². The zero-order valence-corrected chi connectivity index (χ0v) is 21.1. The number of carbonyl (C=O) groups excluding carboxylic acids is 1. The Balaban J connectivity index is 2.13. The van der Waals surface area contributed by atoms with E-state index >= 15 is 0 Å². The number of carboxylic acids is 1. The van der Waals surface area contributed by atoms with Crippen molar-refractivity contribution in [2.45, 2.75) is 58.3 Å². The van der Waals surface area contributed by atoms with Crippen molar-refractivity contribution < 1.29 is 19.4 Å². The average molecular weight is 489 g/mol. The van der Waals surface area contributed by atoms with Gasteiger partial charge in [0.15, 0.2) is 0 Å². The molecule has 2 N–H and O–H groups in total. The molecule has 2 aromatic carbocycles. The molecule has 0 aromatic heterocycles. The number of benzene rings is 2. The number of urea groups is 1. The molecule has 2 rings (SSSR count). The first-order valence-electron chi connectivity index (χ1n) is 12.1. The number of hydrogen-bond acceptors (Lipinski definition) is 3. The molecule has 186 valence electrons. The van der Waals surface area contributed by atoms with Crippen LogP contribution < -0.4 is 15.0 Å². The minimum Gasteiger partial charge on any atom is -0.493 e. The van der Waals surface area contributed by atoms with E-state index in [4.69, 9.17) is 21.4 Å². The Morgan fingerprint density at radius 2 is 1.85 bits per heavy atom. The number of halogens is 1. The Labute approximate surface area is 208 Å². The first-order valence-corrected chi connectivity index (χ1v) is 12.6. The number of unbranched alkanes of at least 4 members (excludes halogenated alkanes) is 4. The van der Waals surface area contributed by atoms with Crippen molar-refractivity contribution in [3.8, 4) is 16.9 Å². The average Bonchev–Trinajstić information content (AvgIpc) is 2.84. The van der Waals surface area contributed by atoms with Crippen LogP contribution in [0, 0.1) is 0 Å². The summed E-state index contributed by atoms with van der Waals surface area (Å²) in [5.41, 5.74) is 3.49. The van der Waals surface area contributed by atoms with Crippen molar-refractivity contribution >= 4 is 29.3 Å². The normalized spacial score (nSPS) is 10.7. The smallest absolute Gasteiger partial charge is 0.321 e. The van der Waals surface area contributed by atoms with Crippen LogP contribution in [0.3, 0.4) is 0 Å². The number of ether oxygens (including phenoxy) is 1. The third-order valence-corrected chi connectivity index (χ3v) is 5.88. The number of carbonyl (C=O) groups is 2. The minimum atomic E-state index is -0.830. The lowest BCUT2D eigenvalue weighted by Gasteiger charge is -2.20. The van der Waals surface area contributed by atoms with E-state index in [9.17, 15) is 9.59 Å². The fourth-order valence-electron chi connectivity index (χ4n) is 3.61. The predicted octanol–water partition coefficient (Wildman–Crippen LogP) is 6.49. The molecule has 0 fully saturated rings. The van der Waals surface area contributed by atoms with E-state index in [0.29, 0.717) is 37.6 Å². The van der Waals surface area contributed by atoms with Gasteiger partial charge in [-0.1, -0.05) is 56.9 Å². The quantitative estimate of drug-likeness (QED) is 0.221. The predicted molar refractivity (Wildman–Crippen MR) is 139 cm³/mol. The van der Waals surface area contributed by atoms with E-state index in [1.165, 1.54) is 19.3 Å². The van der Waals surface area contributed by atoms with Crippen molar-refractivity contribution in [1.82, 2.24) is 5.32 Å². The van der Waals surface area contributed by atoms with Crippen molar-refractivity contribution in [1.29, 1.82) is 0 Å². The van der Waals surface area contributed by atoms with Crippen LogP contribution >= 0.6 is 11.6 Å². The van der Waals surface area contributed by atoms with Crippen LogP contribution in [-0.2, 0) is 11.2 Å². The van der Waals surface area contributed by atoms with Crippen LogP contribution in [0.1, 0.15) is 57.4 Å². The van der Waals surface area contributed by atoms with Crippen LogP contribution in [0.5, 0.6) is 5.75 Å². The first kappa shape index (κ1) is 27.5. The largest absolute Gasteiger partial charge is 0.493 e. The highest BCUT2D eigenvalue weighted by atomic mass is 35.5. The van der Waals surface area contributed by atoms with Gasteiger partial charge in [-0.25, -0.2) is 4.79 Å². The molecule has 0 saturated carbocycles. The topological polar surface area (TPSA) is 78.9 Å². The lowest BCUT2D eigenvalue weighted by molar-refractivity contribution is -0.136. The van der Waals surface area contributed by atoms with Gasteiger partial charge in [-0.3, -0.25) is 9.69 Å². The molecule has 0 aliphatic carbocycles. The molecule has 7 heteroatoms. The molecular formula is C27H37ClN2O4. The Morgan fingerprint density at radius 3 is 2.59 bits per heavy atom. The second-order valence-electron chi connectivity index (χ2n) is 8.37. The third kappa shape index (κ3) is 9.26. The van der Waals surface area contributed by atoms with Crippen LogP contribution in [0.25, 0.3) is 11.1 Å². The van der Waals surface area contributed by atoms with Crippen LogP contribution in [0.2, 0.25) is 0 Å². The molecule has 6 nitrogen and oxygen atoms in total. The van der Waals surface area contributed by atoms with Gasteiger partial charge in [0.25, 0.3) is 0 Å². The molecule has 0 unspecified atom stereocenters. The molecule has 0 aliphatic heterocycles. The maximum atomic E-state index is 12.6. The Kier molecular flexibility index (Phi) is 12.3. The Hall–Kier alpha value is -2.73. The van der Waals surface area contributed by atoms with E-state index in [-0.39, 0.29) is 12.5 Å². The summed E-state index contributed by atoms with van der Waals surface area (Å²) in [5.74, 6) is 0.357. The van der Waals surface area contributed by atoms with Crippen LogP contribution in [0.4, 0.5) is 10.5 Å². The fraction of sp³-hybridized carbons (Fsp3) is 0.481.